The van der Waals surface area contributed by atoms with Gasteiger partial charge in [0.05, 0.1) is 23.4 Å². The highest BCUT2D eigenvalue weighted by Gasteiger charge is 2.37. The van der Waals surface area contributed by atoms with Gasteiger partial charge < -0.3 is 19.9 Å². The van der Waals surface area contributed by atoms with Crippen molar-refractivity contribution in [2.24, 2.45) is 5.73 Å². The van der Waals surface area contributed by atoms with Gasteiger partial charge in [-0.3, -0.25) is 15.1 Å². The van der Waals surface area contributed by atoms with Crippen molar-refractivity contribution in [1.82, 2.24) is 0 Å². The molecule has 11 heteroatoms. The van der Waals surface area contributed by atoms with E-state index in [1.54, 1.807) is 0 Å². The highest BCUT2D eigenvalue weighted by Crippen LogP contribution is 2.37. The van der Waals surface area contributed by atoms with Crippen LogP contribution in [0.4, 0.5) is 23.7 Å². The number of esters is 1. The van der Waals surface area contributed by atoms with Crippen molar-refractivity contribution in [3.05, 3.63) is 53.6 Å². The number of nitrogens with zero attached hydrogens (tertiary/aromatic N) is 1. The van der Waals surface area contributed by atoms with Crippen LogP contribution in [0, 0.1) is 5.41 Å². The molecule has 3 N–H and O–H groups in total. The number of alkyl halides is 3. The average Bonchev–Trinajstić information content (AvgIpc) is 3.06. The lowest BCUT2D eigenvalue weighted by Crippen LogP contribution is -2.28. The maximum Gasteiger partial charge on any atom is 0.419 e. The second-order valence-corrected chi connectivity index (χ2v) is 6.58. The Bertz CT molecular complexity index is 1030. The summed E-state index contributed by atoms with van der Waals surface area (Å²) in [5, 5.41) is 7.65. The summed E-state index contributed by atoms with van der Waals surface area (Å²) >= 11 is 0. The number of cyclic esters (lactones) is 1. The number of amidine groups is 1. The molecule has 0 bridgehead atoms. The molecule has 0 spiro atoms. The number of anilines is 1. The molecule has 1 unspecified atom stereocenters. The molecule has 1 heterocycles. The van der Waals surface area contributed by atoms with E-state index in [0.29, 0.717) is 0 Å². The minimum absolute atomic E-state index is 0.0807. The van der Waals surface area contributed by atoms with E-state index in [0.717, 1.165) is 17.9 Å². The molecule has 0 aliphatic carbocycles. The van der Waals surface area contributed by atoms with Gasteiger partial charge in [0.15, 0.2) is 11.9 Å². The number of ether oxygens (including phenoxy) is 3. The molecule has 2 aromatic rings. The Kier molecular flexibility index (Phi) is 6.04. The molecular weight excluding hydrogens is 419 g/mol. The van der Waals surface area contributed by atoms with E-state index in [4.69, 9.17) is 25.4 Å². The molecule has 0 radical (unpaired) electrons. The molecule has 1 aliphatic heterocycles. The van der Waals surface area contributed by atoms with Crippen molar-refractivity contribution in [2.45, 2.75) is 19.2 Å². The van der Waals surface area contributed by atoms with Gasteiger partial charge in [0.2, 0.25) is 0 Å². The molecule has 1 atom stereocenters. The molecule has 31 heavy (non-hydrogen) atoms. The smallest absolute Gasteiger partial charge is 0.419 e. The number of hydrogen-bond acceptors (Lipinski definition) is 6. The number of rotatable bonds is 6. The van der Waals surface area contributed by atoms with E-state index in [2.05, 4.69) is 0 Å². The minimum Gasteiger partial charge on any atom is -0.489 e. The summed E-state index contributed by atoms with van der Waals surface area (Å²) in [6, 6.07) is 9.12. The Hall–Kier alpha value is -3.76. The monoisotopic (exact) mass is 437 g/mol. The summed E-state index contributed by atoms with van der Waals surface area (Å²) in [5.74, 6) is -1.55. The van der Waals surface area contributed by atoms with E-state index in [-0.39, 0.29) is 41.7 Å². The van der Waals surface area contributed by atoms with Crippen LogP contribution in [0.2, 0.25) is 0 Å². The van der Waals surface area contributed by atoms with Crippen LogP contribution in [-0.4, -0.2) is 37.2 Å². The van der Waals surface area contributed by atoms with Gasteiger partial charge in [0.1, 0.15) is 18.2 Å². The third-order valence-corrected chi connectivity index (χ3v) is 4.31. The maximum absolute atomic E-state index is 13.1. The Morgan fingerprint density at radius 2 is 1.97 bits per heavy atom. The summed E-state index contributed by atoms with van der Waals surface area (Å²) in [4.78, 5) is 25.0. The third kappa shape index (κ3) is 4.87. The van der Waals surface area contributed by atoms with Crippen molar-refractivity contribution in [2.75, 3.05) is 18.1 Å². The SMILES string of the molecule is CC(=O)Oc1c(C(=N)N)cccc1N1CC(COc2ccccc2C(F)(F)F)OC1=O. The zero-order valence-electron chi connectivity index (χ0n) is 16.2. The van der Waals surface area contributed by atoms with Gasteiger partial charge in [-0.2, -0.15) is 13.2 Å². The number of carbonyl (C=O) groups is 2. The predicted molar refractivity (Wildman–Crippen MR) is 103 cm³/mol. The fourth-order valence-electron chi connectivity index (χ4n) is 3.01. The fourth-order valence-corrected chi connectivity index (χ4v) is 3.01. The summed E-state index contributed by atoms with van der Waals surface area (Å²) < 4.78 is 54.9. The Labute approximate surface area is 174 Å². The normalized spacial score (nSPS) is 16.1. The van der Waals surface area contributed by atoms with Gasteiger partial charge in [-0.05, 0) is 24.3 Å². The van der Waals surface area contributed by atoms with Gasteiger partial charge in [-0.25, -0.2) is 4.79 Å². The van der Waals surface area contributed by atoms with Crippen LogP contribution in [0.25, 0.3) is 0 Å². The van der Waals surface area contributed by atoms with E-state index in [1.807, 2.05) is 0 Å². The Morgan fingerprint density at radius 3 is 2.61 bits per heavy atom. The first-order chi connectivity index (χ1) is 14.6. The largest absolute Gasteiger partial charge is 0.489 e. The van der Waals surface area contributed by atoms with Crippen LogP contribution >= 0.6 is 0 Å². The Morgan fingerprint density at radius 1 is 1.26 bits per heavy atom. The first kappa shape index (κ1) is 21.9. The van der Waals surface area contributed by atoms with E-state index in [9.17, 15) is 22.8 Å². The van der Waals surface area contributed by atoms with Gasteiger partial charge in [-0.1, -0.05) is 18.2 Å². The predicted octanol–water partition coefficient (Wildman–Crippen LogP) is 3.32. The summed E-state index contributed by atoms with van der Waals surface area (Å²) in [6.07, 6.45) is -6.30. The summed E-state index contributed by atoms with van der Waals surface area (Å²) in [7, 11) is 0. The second kappa shape index (κ2) is 8.54. The van der Waals surface area contributed by atoms with Crippen molar-refractivity contribution >= 4 is 23.6 Å². The number of nitrogens with two attached hydrogens (primary N) is 1. The topological polar surface area (TPSA) is 115 Å². The number of hydrogen-bond donors (Lipinski definition) is 2. The number of amides is 1. The van der Waals surface area contributed by atoms with Crippen LogP contribution in [0.3, 0.4) is 0 Å². The number of halogens is 3. The van der Waals surface area contributed by atoms with Gasteiger partial charge in [0.25, 0.3) is 0 Å². The number of benzene rings is 2. The number of nitrogen functional groups attached to an aromatic ring is 1. The van der Waals surface area contributed by atoms with Crippen molar-refractivity contribution in [3.63, 3.8) is 0 Å². The molecule has 8 nitrogen and oxygen atoms in total. The number of carbonyl (C=O) groups excluding carboxylic acids is 2. The van der Waals surface area contributed by atoms with Gasteiger partial charge >= 0.3 is 18.2 Å². The van der Waals surface area contributed by atoms with E-state index < -0.39 is 29.9 Å². The first-order valence-corrected chi connectivity index (χ1v) is 9.01. The van der Waals surface area contributed by atoms with Gasteiger partial charge in [-0.15, -0.1) is 0 Å². The first-order valence-electron chi connectivity index (χ1n) is 9.01. The van der Waals surface area contributed by atoms with Crippen LogP contribution in [0.15, 0.2) is 42.5 Å². The average molecular weight is 437 g/mol. The highest BCUT2D eigenvalue weighted by molar-refractivity contribution is 6.02. The number of nitrogens with one attached hydrogen (secondary N) is 1. The molecule has 1 amide bonds. The van der Waals surface area contributed by atoms with Crippen molar-refractivity contribution < 1.29 is 37.0 Å². The molecule has 1 saturated heterocycles. The number of para-hydroxylation sites is 2. The Balaban J connectivity index is 1.80. The lowest BCUT2D eigenvalue weighted by molar-refractivity contribution is -0.139. The van der Waals surface area contributed by atoms with Crippen LogP contribution in [0.1, 0.15) is 18.1 Å². The molecule has 1 fully saturated rings. The van der Waals surface area contributed by atoms with Crippen molar-refractivity contribution in [3.8, 4) is 11.5 Å². The van der Waals surface area contributed by atoms with E-state index >= 15 is 0 Å². The fraction of sp³-hybridized carbons (Fsp3) is 0.250. The second-order valence-electron chi connectivity index (χ2n) is 6.58. The summed E-state index contributed by atoms with van der Waals surface area (Å²) in [6.45, 7) is 0.741. The van der Waals surface area contributed by atoms with Crippen LogP contribution in [-0.2, 0) is 15.7 Å². The molecule has 164 valence electrons. The maximum atomic E-state index is 13.1. The lowest BCUT2D eigenvalue weighted by atomic mass is 10.1. The van der Waals surface area contributed by atoms with Gasteiger partial charge in [0, 0.05) is 6.92 Å². The standard InChI is InChI=1S/C20H18F3N3O5/c1-11(27)30-17-13(18(24)25)5-4-7-15(17)26-9-12(31-19(26)28)10-29-16-8-3-2-6-14(16)20(21,22)23/h2-8,12H,9-10H2,1H3,(H3,24,25). The van der Waals surface area contributed by atoms with Crippen molar-refractivity contribution in [1.29, 1.82) is 5.41 Å². The van der Waals surface area contributed by atoms with Crippen LogP contribution in [0.5, 0.6) is 11.5 Å². The molecular formula is C20H18F3N3O5. The molecule has 0 saturated carbocycles. The lowest BCUT2D eigenvalue weighted by Gasteiger charge is -2.19. The molecule has 0 aromatic heterocycles. The third-order valence-electron chi connectivity index (χ3n) is 4.31. The quantitative estimate of drug-likeness (QED) is 0.310. The summed E-state index contributed by atoms with van der Waals surface area (Å²) in [5.41, 5.74) is 4.81. The zero-order chi connectivity index (χ0) is 22.8. The molecule has 3 rings (SSSR count). The zero-order valence-corrected chi connectivity index (χ0v) is 16.2. The highest BCUT2D eigenvalue weighted by atomic mass is 19.4. The van der Waals surface area contributed by atoms with Crippen LogP contribution < -0.4 is 20.1 Å². The molecule has 2 aromatic carbocycles. The van der Waals surface area contributed by atoms with E-state index in [1.165, 1.54) is 36.4 Å². The minimum atomic E-state index is -4.60. The molecule has 1 aliphatic rings.